The van der Waals surface area contributed by atoms with Crippen molar-refractivity contribution in [3.8, 4) is 0 Å². The monoisotopic (exact) mass is 352 g/mol. The van der Waals surface area contributed by atoms with Crippen molar-refractivity contribution in [3.05, 3.63) is 0 Å². The zero-order valence-corrected chi connectivity index (χ0v) is 13.7. The number of aliphatic hydroxyl groups is 1. The van der Waals surface area contributed by atoms with E-state index in [1.54, 1.807) is 20.8 Å². The van der Waals surface area contributed by atoms with E-state index in [4.69, 9.17) is 9.84 Å². The molecule has 24 heavy (non-hydrogen) atoms. The zero-order chi connectivity index (χ0) is 18.7. The number of amides is 2. The lowest BCUT2D eigenvalue weighted by molar-refractivity contribution is -0.209. The number of carbonyl (C=O) groups is 3. The summed E-state index contributed by atoms with van der Waals surface area (Å²) in [5.74, 6) is -5.70. The van der Waals surface area contributed by atoms with Crippen molar-refractivity contribution in [1.29, 1.82) is 0 Å². The predicted octanol–water partition coefficient (Wildman–Crippen LogP) is 0.930. The van der Waals surface area contributed by atoms with Crippen LogP contribution in [0.15, 0.2) is 0 Å². The molecule has 0 saturated carbocycles. The van der Waals surface area contributed by atoms with Gasteiger partial charge in [0, 0.05) is 19.4 Å². The molecule has 10 heteroatoms. The van der Waals surface area contributed by atoms with E-state index in [9.17, 15) is 28.3 Å². The van der Waals surface area contributed by atoms with Crippen molar-refractivity contribution in [3.63, 3.8) is 0 Å². The van der Waals surface area contributed by atoms with Gasteiger partial charge in [0.15, 0.2) is 6.23 Å². The van der Waals surface area contributed by atoms with Crippen molar-refractivity contribution >= 4 is 18.0 Å². The third-order valence-electron chi connectivity index (χ3n) is 3.21. The second kappa shape index (κ2) is 7.29. The molecule has 0 spiro atoms. The van der Waals surface area contributed by atoms with Crippen molar-refractivity contribution in [2.45, 2.75) is 63.8 Å². The second-order valence-electron chi connectivity index (χ2n) is 6.57. The van der Waals surface area contributed by atoms with Crippen LogP contribution in [0.5, 0.6) is 0 Å². The van der Waals surface area contributed by atoms with Gasteiger partial charge in [-0.1, -0.05) is 0 Å². The molecule has 8 nitrogen and oxygen atoms in total. The SMILES string of the molecule is CC(C)(C)OC(=O)NC1CC(F)(F)C(O)N(CCCC(=O)O)C1=O. The number of ether oxygens (including phenoxy) is 1. The Morgan fingerprint density at radius 3 is 2.50 bits per heavy atom. The van der Waals surface area contributed by atoms with Crippen molar-refractivity contribution < 1.29 is 38.1 Å². The van der Waals surface area contributed by atoms with Crippen LogP contribution in [-0.2, 0) is 14.3 Å². The molecule has 1 saturated heterocycles. The Kier molecular flexibility index (Phi) is 6.09. The molecule has 2 amide bonds. The van der Waals surface area contributed by atoms with Gasteiger partial charge in [0.25, 0.3) is 5.92 Å². The maximum atomic E-state index is 13.9. The minimum absolute atomic E-state index is 0.104. The maximum absolute atomic E-state index is 13.9. The molecule has 0 aromatic rings. The Morgan fingerprint density at radius 2 is 2.00 bits per heavy atom. The number of nitrogens with one attached hydrogen (secondary N) is 1. The van der Waals surface area contributed by atoms with E-state index in [0.717, 1.165) is 0 Å². The minimum Gasteiger partial charge on any atom is -0.481 e. The first-order valence-corrected chi connectivity index (χ1v) is 7.41. The molecule has 1 aliphatic heterocycles. The maximum Gasteiger partial charge on any atom is 0.408 e. The number of alkyl carbamates (subject to hydrolysis) is 1. The summed E-state index contributed by atoms with van der Waals surface area (Å²) in [6, 6.07) is -1.57. The Balaban J connectivity index is 2.80. The molecule has 3 N–H and O–H groups in total. The smallest absolute Gasteiger partial charge is 0.408 e. The molecule has 0 aromatic carbocycles. The van der Waals surface area contributed by atoms with Crippen LogP contribution in [-0.4, -0.2) is 63.4 Å². The highest BCUT2D eigenvalue weighted by atomic mass is 19.3. The molecule has 1 aliphatic rings. The van der Waals surface area contributed by atoms with Crippen molar-refractivity contribution in [1.82, 2.24) is 10.2 Å². The summed E-state index contributed by atoms with van der Waals surface area (Å²) in [6.07, 6.45) is -4.91. The Bertz CT molecular complexity index is 506. The van der Waals surface area contributed by atoms with Crippen LogP contribution in [0.25, 0.3) is 0 Å². The number of aliphatic hydroxyl groups excluding tert-OH is 1. The topological polar surface area (TPSA) is 116 Å². The normalized spacial score (nSPS) is 23.8. The van der Waals surface area contributed by atoms with Crippen molar-refractivity contribution in [2.24, 2.45) is 0 Å². The van der Waals surface area contributed by atoms with Crippen LogP contribution < -0.4 is 5.32 Å². The first kappa shape index (κ1) is 20.1. The number of aliphatic carboxylic acids is 1. The Labute approximate surface area is 137 Å². The number of likely N-dealkylation sites (tertiary alicyclic amines) is 1. The standard InChI is InChI=1S/C14H22F2N2O6/c1-13(2,3)24-12(23)17-8-7-14(15,16)11(22)18(10(8)21)6-4-5-9(19)20/h8,11,22H,4-7H2,1-3H3,(H,17,23)(H,19,20). The number of alkyl halides is 2. The molecule has 2 unspecified atom stereocenters. The summed E-state index contributed by atoms with van der Waals surface area (Å²) in [5, 5.41) is 20.3. The van der Waals surface area contributed by atoms with Crippen LogP contribution in [0.1, 0.15) is 40.0 Å². The van der Waals surface area contributed by atoms with E-state index >= 15 is 0 Å². The number of nitrogens with zero attached hydrogens (tertiary/aromatic N) is 1. The highest BCUT2D eigenvalue weighted by Gasteiger charge is 2.53. The second-order valence-corrected chi connectivity index (χ2v) is 6.57. The fourth-order valence-electron chi connectivity index (χ4n) is 2.21. The zero-order valence-electron chi connectivity index (χ0n) is 13.7. The van der Waals surface area contributed by atoms with Gasteiger partial charge in [-0.05, 0) is 27.2 Å². The average molecular weight is 352 g/mol. The molecule has 0 radical (unpaired) electrons. The number of rotatable bonds is 5. The van der Waals surface area contributed by atoms with Crippen molar-refractivity contribution in [2.75, 3.05) is 6.54 Å². The predicted molar refractivity (Wildman–Crippen MR) is 77.3 cm³/mol. The highest BCUT2D eigenvalue weighted by molar-refractivity contribution is 5.87. The first-order valence-electron chi connectivity index (χ1n) is 7.41. The van der Waals surface area contributed by atoms with Gasteiger partial charge in [0.2, 0.25) is 5.91 Å². The molecule has 2 atom stereocenters. The van der Waals surface area contributed by atoms with Gasteiger partial charge in [-0.2, -0.15) is 0 Å². The molecule has 0 aliphatic carbocycles. The largest absolute Gasteiger partial charge is 0.481 e. The molecule has 0 bridgehead atoms. The van der Waals surface area contributed by atoms with Gasteiger partial charge in [-0.3, -0.25) is 9.59 Å². The lowest BCUT2D eigenvalue weighted by Gasteiger charge is -2.41. The number of hydrogen-bond donors (Lipinski definition) is 3. The fourth-order valence-corrected chi connectivity index (χ4v) is 2.21. The highest BCUT2D eigenvalue weighted by Crippen LogP contribution is 2.32. The summed E-state index contributed by atoms with van der Waals surface area (Å²) >= 11 is 0. The lowest BCUT2D eigenvalue weighted by Crippen LogP contribution is -2.64. The summed E-state index contributed by atoms with van der Waals surface area (Å²) in [6.45, 7) is 4.36. The van der Waals surface area contributed by atoms with E-state index in [1.165, 1.54) is 0 Å². The minimum atomic E-state index is -3.64. The Hall–Kier alpha value is -1.97. The molecular weight excluding hydrogens is 330 g/mol. The quantitative estimate of drug-likeness (QED) is 0.678. The number of carboxylic acid groups (broad SMARTS) is 1. The van der Waals surface area contributed by atoms with Gasteiger partial charge < -0.3 is 25.2 Å². The molecule has 138 valence electrons. The summed E-state index contributed by atoms with van der Waals surface area (Å²) < 4.78 is 32.7. The van der Waals surface area contributed by atoms with Gasteiger partial charge in [0.05, 0.1) is 0 Å². The molecule has 1 rings (SSSR count). The van der Waals surface area contributed by atoms with Gasteiger partial charge >= 0.3 is 12.1 Å². The van der Waals surface area contributed by atoms with Crippen LogP contribution >= 0.6 is 0 Å². The van der Waals surface area contributed by atoms with Crippen LogP contribution in [0.3, 0.4) is 0 Å². The fraction of sp³-hybridized carbons (Fsp3) is 0.786. The average Bonchev–Trinajstić information content (AvgIpc) is 2.37. The van der Waals surface area contributed by atoms with Gasteiger partial charge in [-0.25, -0.2) is 13.6 Å². The third kappa shape index (κ3) is 5.59. The number of halogens is 2. The number of hydrogen-bond acceptors (Lipinski definition) is 5. The lowest BCUT2D eigenvalue weighted by atomic mass is 9.99. The summed E-state index contributed by atoms with van der Waals surface area (Å²) in [4.78, 5) is 34.9. The van der Waals surface area contributed by atoms with Gasteiger partial charge in [-0.15, -0.1) is 0 Å². The molecule has 1 fully saturated rings. The van der Waals surface area contributed by atoms with E-state index in [0.29, 0.717) is 4.90 Å². The molecule has 0 aromatic heterocycles. The number of carboxylic acids is 1. The van der Waals surface area contributed by atoms with Crippen LogP contribution in [0.4, 0.5) is 13.6 Å². The molecule has 1 heterocycles. The van der Waals surface area contributed by atoms with Crippen LogP contribution in [0, 0.1) is 0 Å². The van der Waals surface area contributed by atoms with E-state index in [2.05, 4.69) is 5.32 Å². The van der Waals surface area contributed by atoms with E-state index in [-0.39, 0.29) is 19.4 Å². The number of piperidine rings is 1. The van der Waals surface area contributed by atoms with Crippen LogP contribution in [0.2, 0.25) is 0 Å². The summed E-state index contributed by atoms with van der Waals surface area (Å²) in [7, 11) is 0. The number of carbonyl (C=O) groups excluding carboxylic acids is 2. The first-order chi connectivity index (χ1) is 10.8. The van der Waals surface area contributed by atoms with E-state index in [1.807, 2.05) is 0 Å². The third-order valence-corrected chi connectivity index (χ3v) is 3.21. The van der Waals surface area contributed by atoms with Gasteiger partial charge in [0.1, 0.15) is 11.6 Å². The molecular formula is C14H22F2N2O6. The van der Waals surface area contributed by atoms with E-state index < -0.39 is 48.2 Å². The Morgan fingerprint density at radius 1 is 1.42 bits per heavy atom. The summed E-state index contributed by atoms with van der Waals surface area (Å²) in [5.41, 5.74) is -0.870.